The number of piperidine rings is 1. The van der Waals surface area contributed by atoms with Gasteiger partial charge in [-0.2, -0.15) is 0 Å². The fourth-order valence-electron chi connectivity index (χ4n) is 5.25. The van der Waals surface area contributed by atoms with Crippen LogP contribution in [0.15, 0.2) is 18.3 Å². The topological polar surface area (TPSA) is 37.6 Å². The highest BCUT2D eigenvalue weighted by Gasteiger charge is 2.27. The number of hydrogen-bond acceptors (Lipinski definition) is 2. The molecule has 158 valence electrons. The summed E-state index contributed by atoms with van der Waals surface area (Å²) < 4.78 is 2.25. The van der Waals surface area contributed by atoms with Crippen molar-refractivity contribution in [3.63, 3.8) is 0 Å². The van der Waals surface area contributed by atoms with Crippen LogP contribution in [-0.2, 0) is 11.8 Å². The van der Waals surface area contributed by atoms with E-state index in [4.69, 9.17) is 4.98 Å². The minimum absolute atomic E-state index is 0.00247. The second kappa shape index (κ2) is 8.12. The van der Waals surface area contributed by atoms with Crippen LogP contribution in [0.25, 0.3) is 5.65 Å². The van der Waals surface area contributed by atoms with Crippen molar-refractivity contribution >= 4 is 11.6 Å². The van der Waals surface area contributed by atoms with Gasteiger partial charge in [0, 0.05) is 36.0 Å². The van der Waals surface area contributed by atoms with Crippen LogP contribution in [0.2, 0.25) is 0 Å². The van der Waals surface area contributed by atoms with Gasteiger partial charge in [-0.3, -0.25) is 4.79 Å². The molecular weight excluding hydrogens is 358 g/mol. The smallest absolute Gasteiger partial charge is 0.254 e. The first-order valence-electron chi connectivity index (χ1n) is 11.6. The Morgan fingerprint density at radius 2 is 1.90 bits per heavy atom. The molecule has 2 aromatic rings. The molecule has 1 saturated carbocycles. The van der Waals surface area contributed by atoms with Crippen molar-refractivity contribution < 1.29 is 4.79 Å². The van der Waals surface area contributed by atoms with Crippen molar-refractivity contribution in [2.24, 2.45) is 11.8 Å². The van der Waals surface area contributed by atoms with Gasteiger partial charge in [0.25, 0.3) is 5.91 Å². The minimum atomic E-state index is 0.00247. The summed E-state index contributed by atoms with van der Waals surface area (Å²) in [6.45, 7) is 10.7. The highest BCUT2D eigenvalue weighted by molar-refractivity contribution is 5.95. The van der Waals surface area contributed by atoms with Gasteiger partial charge < -0.3 is 9.30 Å². The molecule has 1 aliphatic carbocycles. The third-order valence-corrected chi connectivity index (χ3v) is 6.83. The van der Waals surface area contributed by atoms with Crippen LogP contribution in [0.1, 0.15) is 94.4 Å². The zero-order valence-electron chi connectivity index (χ0n) is 18.7. The summed E-state index contributed by atoms with van der Waals surface area (Å²) in [5, 5.41) is 0. The number of nitrogens with zero attached hydrogens (tertiary/aromatic N) is 3. The van der Waals surface area contributed by atoms with Crippen LogP contribution in [0, 0.1) is 11.8 Å². The molecule has 29 heavy (non-hydrogen) atoms. The maximum absolute atomic E-state index is 13.1. The molecule has 0 radical (unpaired) electrons. The van der Waals surface area contributed by atoms with Gasteiger partial charge in [-0.15, -0.1) is 0 Å². The molecule has 2 fully saturated rings. The maximum Gasteiger partial charge on any atom is 0.254 e. The maximum atomic E-state index is 13.1. The summed E-state index contributed by atoms with van der Waals surface area (Å²) >= 11 is 0. The highest BCUT2D eigenvalue weighted by Crippen LogP contribution is 2.33. The third kappa shape index (κ3) is 4.36. The lowest BCUT2D eigenvalue weighted by Gasteiger charge is -2.31. The van der Waals surface area contributed by atoms with Crippen molar-refractivity contribution in [3.8, 4) is 0 Å². The second-order valence-electron chi connectivity index (χ2n) is 10.5. The lowest BCUT2D eigenvalue weighted by Crippen LogP contribution is -2.39. The van der Waals surface area contributed by atoms with Crippen LogP contribution in [-0.4, -0.2) is 33.3 Å². The summed E-state index contributed by atoms with van der Waals surface area (Å²) in [5.41, 5.74) is 4.25. The van der Waals surface area contributed by atoms with Crippen molar-refractivity contribution in [1.82, 2.24) is 14.3 Å². The predicted molar refractivity (Wildman–Crippen MR) is 118 cm³/mol. The van der Waals surface area contributed by atoms with Crippen molar-refractivity contribution in [2.75, 3.05) is 13.1 Å². The zero-order valence-corrected chi connectivity index (χ0v) is 18.7. The lowest BCUT2D eigenvalue weighted by atomic mass is 9.83. The van der Waals surface area contributed by atoms with Gasteiger partial charge in [0.2, 0.25) is 0 Å². The first-order chi connectivity index (χ1) is 13.8. The van der Waals surface area contributed by atoms with E-state index in [-0.39, 0.29) is 11.3 Å². The van der Waals surface area contributed by atoms with E-state index in [1.165, 1.54) is 49.9 Å². The van der Waals surface area contributed by atoms with Gasteiger partial charge in [0.15, 0.2) is 0 Å². The SMILES string of the molecule is CC1CCCN(C(=O)c2ccn3c(CC4CCCCC4)c(C(C)(C)C)nc3c2)C1. The Morgan fingerprint density at radius 1 is 1.14 bits per heavy atom. The average Bonchev–Trinajstić information content (AvgIpc) is 3.06. The third-order valence-electron chi connectivity index (χ3n) is 6.83. The Bertz CT molecular complexity index is 870. The Balaban J connectivity index is 1.67. The van der Waals surface area contributed by atoms with Gasteiger partial charge in [-0.1, -0.05) is 59.8 Å². The fourth-order valence-corrected chi connectivity index (χ4v) is 5.25. The molecule has 4 nitrogen and oxygen atoms in total. The normalized spacial score (nSPS) is 21.7. The number of hydrogen-bond donors (Lipinski definition) is 0. The number of likely N-dealkylation sites (tertiary alicyclic amines) is 1. The van der Waals surface area contributed by atoms with Crippen molar-refractivity contribution in [3.05, 3.63) is 35.3 Å². The van der Waals surface area contributed by atoms with Crippen LogP contribution < -0.4 is 0 Å². The van der Waals surface area contributed by atoms with E-state index >= 15 is 0 Å². The van der Waals surface area contributed by atoms with E-state index in [2.05, 4.69) is 38.3 Å². The number of fused-ring (bicyclic) bond motifs is 1. The van der Waals surface area contributed by atoms with Gasteiger partial charge in [-0.05, 0) is 43.2 Å². The largest absolute Gasteiger partial charge is 0.338 e. The molecule has 3 heterocycles. The van der Waals surface area contributed by atoms with Gasteiger partial charge in [-0.25, -0.2) is 4.98 Å². The Kier molecular flexibility index (Phi) is 5.72. The molecule has 1 amide bonds. The van der Waals surface area contributed by atoms with E-state index < -0.39 is 0 Å². The van der Waals surface area contributed by atoms with E-state index in [1.807, 2.05) is 17.0 Å². The molecule has 4 rings (SSSR count). The standard InChI is InChI=1S/C25H37N3O/c1-18-9-8-13-27(17-18)24(29)20-12-14-28-21(15-19-10-6-5-7-11-19)23(25(2,3)4)26-22(28)16-20/h12,14,16,18-19H,5-11,13,15,17H2,1-4H3. The Hall–Kier alpha value is -1.84. The summed E-state index contributed by atoms with van der Waals surface area (Å²) in [6, 6.07) is 4.02. The molecule has 0 N–H and O–H groups in total. The quantitative estimate of drug-likeness (QED) is 0.676. The predicted octanol–water partition coefficient (Wildman–Crippen LogP) is 5.63. The molecule has 0 spiro atoms. The van der Waals surface area contributed by atoms with E-state index in [0.29, 0.717) is 5.92 Å². The van der Waals surface area contributed by atoms with Crippen molar-refractivity contribution in [1.29, 1.82) is 0 Å². The van der Waals surface area contributed by atoms with Crippen LogP contribution in [0.4, 0.5) is 0 Å². The lowest BCUT2D eigenvalue weighted by molar-refractivity contribution is 0.0683. The Labute approximate surface area is 175 Å². The monoisotopic (exact) mass is 395 g/mol. The first-order valence-corrected chi connectivity index (χ1v) is 11.6. The van der Waals surface area contributed by atoms with Gasteiger partial charge in [0.1, 0.15) is 5.65 Å². The number of carbonyl (C=O) groups is 1. The van der Waals surface area contributed by atoms with E-state index in [9.17, 15) is 4.79 Å². The molecule has 1 unspecified atom stereocenters. The fraction of sp³-hybridized carbons (Fsp3) is 0.680. The van der Waals surface area contributed by atoms with E-state index in [0.717, 1.165) is 43.1 Å². The molecule has 1 saturated heterocycles. The van der Waals surface area contributed by atoms with E-state index in [1.54, 1.807) is 0 Å². The molecule has 0 aromatic carbocycles. The van der Waals surface area contributed by atoms with Crippen LogP contribution in [0.3, 0.4) is 0 Å². The molecule has 1 atom stereocenters. The van der Waals surface area contributed by atoms with Gasteiger partial charge in [0.05, 0.1) is 5.69 Å². The minimum Gasteiger partial charge on any atom is -0.338 e. The number of carbonyl (C=O) groups excluding carboxylic acids is 1. The number of aromatic nitrogens is 2. The number of pyridine rings is 1. The number of imidazole rings is 1. The van der Waals surface area contributed by atoms with Crippen molar-refractivity contribution in [2.45, 2.75) is 84.5 Å². The summed E-state index contributed by atoms with van der Waals surface area (Å²) in [6.07, 6.45) is 12.3. The molecule has 0 bridgehead atoms. The molecule has 2 aliphatic rings. The summed E-state index contributed by atoms with van der Waals surface area (Å²) in [4.78, 5) is 20.2. The first kappa shape index (κ1) is 20.4. The highest BCUT2D eigenvalue weighted by atomic mass is 16.2. The van der Waals surface area contributed by atoms with Crippen LogP contribution in [0.5, 0.6) is 0 Å². The molecule has 1 aliphatic heterocycles. The molecule has 2 aromatic heterocycles. The zero-order chi connectivity index (χ0) is 20.6. The molecule has 4 heteroatoms. The average molecular weight is 396 g/mol. The summed E-state index contributed by atoms with van der Waals surface area (Å²) in [7, 11) is 0. The van der Waals surface area contributed by atoms with Gasteiger partial charge >= 0.3 is 0 Å². The number of amides is 1. The Morgan fingerprint density at radius 3 is 2.59 bits per heavy atom. The summed E-state index contributed by atoms with van der Waals surface area (Å²) in [5.74, 6) is 1.52. The number of rotatable bonds is 3. The van der Waals surface area contributed by atoms with Crippen LogP contribution >= 0.6 is 0 Å². The second-order valence-corrected chi connectivity index (χ2v) is 10.5. The molecular formula is C25H37N3O.